The van der Waals surface area contributed by atoms with E-state index < -0.39 is 0 Å². The van der Waals surface area contributed by atoms with Crippen LogP contribution in [0.3, 0.4) is 0 Å². The summed E-state index contributed by atoms with van der Waals surface area (Å²) in [4.78, 5) is 6.62. The molecule has 3 aromatic heterocycles. The van der Waals surface area contributed by atoms with Crippen molar-refractivity contribution in [1.29, 1.82) is 0 Å². The molecule has 7 nitrogen and oxygen atoms in total. The lowest BCUT2D eigenvalue weighted by Crippen LogP contribution is -2.62. The van der Waals surface area contributed by atoms with Crippen molar-refractivity contribution in [1.82, 2.24) is 30.3 Å². The van der Waals surface area contributed by atoms with Crippen molar-refractivity contribution in [2.45, 2.75) is 12.3 Å². The molecule has 1 aliphatic heterocycles. The van der Waals surface area contributed by atoms with Crippen LogP contribution in [0.15, 0.2) is 54.9 Å². The molecule has 1 aromatic carbocycles. The van der Waals surface area contributed by atoms with E-state index in [4.69, 9.17) is 0 Å². The molecule has 8 heteroatoms. The molecule has 4 heterocycles. The second kappa shape index (κ2) is 7.46. The Morgan fingerprint density at radius 2 is 2.07 bits per heavy atom. The highest BCUT2D eigenvalue weighted by molar-refractivity contribution is 5.83. The number of aromatic amines is 1. The minimum absolute atomic E-state index is 0.258. The molecule has 0 saturated carbocycles. The molecule has 1 fully saturated rings. The standard InChI is InChI=1S/C22H22FN7/c1-2-30-13-22(14-30,21-17(23)4-3-9-24-21)12-25-20-8-7-18(28-29-20)15-5-6-19-16(10-15)11-26-27-19/h3-11H,2,12-14H2,1H3,(H,25,29)(H,26,27). The van der Waals surface area contributed by atoms with E-state index in [2.05, 4.69) is 42.5 Å². The molecule has 152 valence electrons. The lowest BCUT2D eigenvalue weighted by Gasteiger charge is -2.49. The zero-order valence-electron chi connectivity index (χ0n) is 16.6. The lowest BCUT2D eigenvalue weighted by molar-refractivity contribution is 0.0736. The number of H-pyrrole nitrogens is 1. The molecule has 30 heavy (non-hydrogen) atoms. The summed E-state index contributed by atoms with van der Waals surface area (Å²) in [6.45, 7) is 5.12. The van der Waals surface area contributed by atoms with E-state index in [1.165, 1.54) is 6.07 Å². The van der Waals surface area contributed by atoms with Crippen molar-refractivity contribution in [3.63, 3.8) is 0 Å². The topological polar surface area (TPSA) is 82.6 Å². The predicted molar refractivity (Wildman–Crippen MR) is 114 cm³/mol. The molecule has 0 amide bonds. The van der Waals surface area contributed by atoms with Gasteiger partial charge in [-0.05, 0) is 42.9 Å². The number of rotatable bonds is 6. The number of aromatic nitrogens is 5. The number of halogens is 1. The third-order valence-electron chi connectivity index (χ3n) is 5.77. The summed E-state index contributed by atoms with van der Waals surface area (Å²) in [5, 5.41) is 20.0. The molecule has 1 saturated heterocycles. The number of likely N-dealkylation sites (tertiary alicyclic amines) is 1. The zero-order chi connectivity index (χ0) is 20.6. The Morgan fingerprint density at radius 1 is 1.17 bits per heavy atom. The lowest BCUT2D eigenvalue weighted by atomic mass is 9.76. The minimum Gasteiger partial charge on any atom is -0.368 e. The van der Waals surface area contributed by atoms with Gasteiger partial charge in [-0.2, -0.15) is 5.10 Å². The van der Waals surface area contributed by atoms with Gasteiger partial charge >= 0.3 is 0 Å². The Kier molecular flexibility index (Phi) is 4.63. The van der Waals surface area contributed by atoms with Crippen molar-refractivity contribution in [3.05, 3.63) is 66.4 Å². The maximum Gasteiger partial charge on any atom is 0.148 e. The summed E-state index contributed by atoms with van der Waals surface area (Å²) < 4.78 is 14.4. The molecule has 5 rings (SSSR count). The SMILES string of the molecule is CCN1CC(CNc2ccc(-c3ccc4[nH]ncc4c3)nn2)(c2ncccc2F)C1. The van der Waals surface area contributed by atoms with Crippen LogP contribution in [0.4, 0.5) is 10.2 Å². The first-order valence-electron chi connectivity index (χ1n) is 10.0. The fourth-order valence-corrected chi connectivity index (χ4v) is 4.10. The fraction of sp³-hybridized carbons (Fsp3) is 0.273. The molecule has 0 bridgehead atoms. The van der Waals surface area contributed by atoms with Gasteiger partial charge in [0.2, 0.25) is 0 Å². The highest BCUT2D eigenvalue weighted by atomic mass is 19.1. The summed E-state index contributed by atoms with van der Waals surface area (Å²) in [7, 11) is 0. The minimum atomic E-state index is -0.367. The van der Waals surface area contributed by atoms with Crippen LogP contribution in [0.1, 0.15) is 12.6 Å². The Morgan fingerprint density at radius 3 is 2.83 bits per heavy atom. The van der Waals surface area contributed by atoms with Gasteiger partial charge in [-0.25, -0.2) is 4.39 Å². The van der Waals surface area contributed by atoms with Gasteiger partial charge in [-0.3, -0.25) is 10.1 Å². The molecule has 2 N–H and O–H groups in total. The van der Waals surface area contributed by atoms with Crippen molar-refractivity contribution >= 4 is 16.7 Å². The van der Waals surface area contributed by atoms with Crippen LogP contribution in [0.5, 0.6) is 0 Å². The van der Waals surface area contributed by atoms with Crippen LogP contribution in [0, 0.1) is 5.82 Å². The largest absolute Gasteiger partial charge is 0.368 e. The number of likely N-dealkylation sites (N-methyl/N-ethyl adjacent to an activating group) is 1. The molecule has 1 aliphatic rings. The van der Waals surface area contributed by atoms with Crippen LogP contribution in [0.25, 0.3) is 22.2 Å². The Hall–Kier alpha value is -3.39. The maximum absolute atomic E-state index is 14.4. The average molecular weight is 403 g/mol. The Bertz CT molecular complexity index is 1170. The van der Waals surface area contributed by atoms with Crippen LogP contribution in [-0.4, -0.2) is 56.5 Å². The van der Waals surface area contributed by atoms with Crippen molar-refractivity contribution < 1.29 is 4.39 Å². The number of hydrogen-bond donors (Lipinski definition) is 2. The molecule has 0 radical (unpaired) electrons. The number of anilines is 1. The van der Waals surface area contributed by atoms with Gasteiger partial charge in [-0.15, -0.1) is 10.2 Å². The zero-order valence-corrected chi connectivity index (χ0v) is 16.6. The third-order valence-corrected chi connectivity index (χ3v) is 5.77. The van der Waals surface area contributed by atoms with E-state index in [1.807, 2.05) is 30.3 Å². The number of nitrogens with one attached hydrogen (secondary N) is 2. The normalized spacial score (nSPS) is 15.8. The smallest absolute Gasteiger partial charge is 0.148 e. The molecule has 0 aliphatic carbocycles. The summed E-state index contributed by atoms with van der Waals surface area (Å²) >= 11 is 0. The second-order valence-corrected chi connectivity index (χ2v) is 7.75. The van der Waals surface area contributed by atoms with Crippen molar-refractivity contribution in [2.75, 3.05) is 31.5 Å². The van der Waals surface area contributed by atoms with E-state index in [9.17, 15) is 4.39 Å². The molecule has 0 atom stereocenters. The van der Waals surface area contributed by atoms with Gasteiger partial charge < -0.3 is 10.2 Å². The number of benzene rings is 1. The number of fused-ring (bicyclic) bond motifs is 1. The van der Waals surface area contributed by atoms with E-state index in [0.29, 0.717) is 18.1 Å². The third kappa shape index (κ3) is 3.29. The quantitative estimate of drug-likeness (QED) is 0.514. The van der Waals surface area contributed by atoms with Crippen molar-refractivity contribution in [3.8, 4) is 11.3 Å². The van der Waals surface area contributed by atoms with Gasteiger partial charge in [0, 0.05) is 36.8 Å². The van der Waals surface area contributed by atoms with Gasteiger partial charge in [0.1, 0.15) is 11.6 Å². The van der Waals surface area contributed by atoms with E-state index >= 15 is 0 Å². The van der Waals surface area contributed by atoms with E-state index in [-0.39, 0.29) is 11.2 Å². The van der Waals surface area contributed by atoms with Gasteiger partial charge in [-0.1, -0.05) is 13.0 Å². The van der Waals surface area contributed by atoms with E-state index in [1.54, 1.807) is 18.5 Å². The van der Waals surface area contributed by atoms with Gasteiger partial charge in [0.15, 0.2) is 0 Å². The summed E-state index contributed by atoms with van der Waals surface area (Å²) in [6, 6.07) is 12.9. The van der Waals surface area contributed by atoms with Crippen LogP contribution in [-0.2, 0) is 5.41 Å². The van der Waals surface area contributed by atoms with Gasteiger partial charge in [0.05, 0.1) is 28.5 Å². The number of pyridine rings is 1. The highest BCUT2D eigenvalue weighted by Gasteiger charge is 2.46. The Labute approximate surface area is 173 Å². The molecule has 0 unspecified atom stereocenters. The maximum atomic E-state index is 14.4. The van der Waals surface area contributed by atoms with Crippen LogP contribution in [0.2, 0.25) is 0 Å². The summed E-state index contributed by atoms with van der Waals surface area (Å²) in [5.74, 6) is 0.403. The summed E-state index contributed by atoms with van der Waals surface area (Å²) in [6.07, 6.45) is 3.44. The second-order valence-electron chi connectivity index (χ2n) is 7.75. The molecule has 0 spiro atoms. The van der Waals surface area contributed by atoms with Crippen LogP contribution >= 0.6 is 0 Å². The average Bonchev–Trinajstić information content (AvgIpc) is 3.22. The molecular weight excluding hydrogens is 381 g/mol. The molecular formula is C22H22FN7. The van der Waals surface area contributed by atoms with Crippen LogP contribution < -0.4 is 5.32 Å². The number of nitrogens with zero attached hydrogens (tertiary/aromatic N) is 5. The monoisotopic (exact) mass is 403 g/mol. The number of hydrogen-bond acceptors (Lipinski definition) is 6. The molecule has 4 aromatic rings. The first-order valence-corrected chi connectivity index (χ1v) is 10.0. The first-order chi connectivity index (χ1) is 14.7. The summed E-state index contributed by atoms with van der Waals surface area (Å²) in [5.41, 5.74) is 2.90. The fourth-order valence-electron chi connectivity index (χ4n) is 4.10. The first kappa shape index (κ1) is 18.6. The highest BCUT2D eigenvalue weighted by Crippen LogP contribution is 2.35. The van der Waals surface area contributed by atoms with Gasteiger partial charge in [0.25, 0.3) is 0 Å². The van der Waals surface area contributed by atoms with E-state index in [0.717, 1.165) is 41.8 Å². The predicted octanol–water partition coefficient (Wildman–Crippen LogP) is 3.24. The Balaban J connectivity index is 1.33. The van der Waals surface area contributed by atoms with Crippen molar-refractivity contribution in [2.24, 2.45) is 0 Å².